The molecule has 3 aromatic rings. The van der Waals surface area contributed by atoms with Crippen molar-refractivity contribution < 1.29 is 22.5 Å². The number of aromatic nitrogens is 2. The number of likely N-dealkylation sites (N-methyl/N-ethyl adjacent to an activating group) is 1. The van der Waals surface area contributed by atoms with E-state index in [-0.39, 0.29) is 29.4 Å². The molecule has 2 fully saturated rings. The minimum absolute atomic E-state index is 0.0399. The maximum Gasteiger partial charge on any atom is 0.418 e. The molecule has 0 unspecified atom stereocenters. The van der Waals surface area contributed by atoms with Gasteiger partial charge in [-0.3, -0.25) is 18.8 Å². The second-order valence-electron chi connectivity index (χ2n) is 10.5. The molecule has 1 aromatic carbocycles. The molecular formula is C29H32F3N6O2+. The summed E-state index contributed by atoms with van der Waals surface area (Å²) >= 11 is 0. The normalized spacial score (nSPS) is 17.9. The first-order valence-corrected chi connectivity index (χ1v) is 13.2. The van der Waals surface area contributed by atoms with E-state index in [4.69, 9.17) is 0 Å². The molecule has 2 aliphatic rings. The van der Waals surface area contributed by atoms with Crippen molar-refractivity contribution in [3.63, 3.8) is 0 Å². The Labute approximate surface area is 229 Å². The van der Waals surface area contributed by atoms with Crippen LogP contribution in [-0.4, -0.2) is 63.2 Å². The van der Waals surface area contributed by atoms with Crippen molar-refractivity contribution in [1.82, 2.24) is 19.0 Å². The molecule has 2 aromatic heterocycles. The van der Waals surface area contributed by atoms with E-state index < -0.39 is 17.4 Å². The molecule has 40 heavy (non-hydrogen) atoms. The zero-order chi connectivity index (χ0) is 28.8. The molecule has 11 heteroatoms. The van der Waals surface area contributed by atoms with Crippen molar-refractivity contribution in [3.05, 3.63) is 82.2 Å². The molecule has 8 nitrogen and oxygen atoms in total. The molecule has 1 saturated carbocycles. The fourth-order valence-electron chi connectivity index (χ4n) is 5.63. The molecule has 0 radical (unpaired) electrons. The number of pyridine rings is 1. The number of imidazole rings is 1. The maximum absolute atomic E-state index is 14.2. The Bertz CT molecular complexity index is 1580. The fourth-order valence-corrected chi connectivity index (χ4v) is 5.63. The molecule has 1 aliphatic carbocycles. The monoisotopic (exact) mass is 553 g/mol. The zero-order valence-electron chi connectivity index (χ0n) is 22.6. The van der Waals surface area contributed by atoms with Gasteiger partial charge in [-0.25, -0.2) is 14.4 Å². The first kappa shape index (κ1) is 27.6. The predicted molar refractivity (Wildman–Crippen MR) is 147 cm³/mol. The van der Waals surface area contributed by atoms with Crippen molar-refractivity contribution >= 4 is 24.5 Å². The van der Waals surface area contributed by atoms with Crippen LogP contribution in [0.25, 0.3) is 11.2 Å². The summed E-state index contributed by atoms with van der Waals surface area (Å²) in [5, 5.41) is 3.07. The van der Waals surface area contributed by atoms with Crippen LogP contribution in [0.1, 0.15) is 48.3 Å². The summed E-state index contributed by atoms with van der Waals surface area (Å²) in [5.74, 6) is 0.221. The molecule has 1 amide bonds. The predicted octanol–water partition coefficient (Wildman–Crippen LogP) is 4.46. The van der Waals surface area contributed by atoms with Crippen LogP contribution >= 0.6 is 0 Å². The highest BCUT2D eigenvalue weighted by molar-refractivity contribution is 5.77. The van der Waals surface area contributed by atoms with E-state index in [9.17, 15) is 22.8 Å². The van der Waals surface area contributed by atoms with Crippen molar-refractivity contribution in [1.29, 1.82) is 0 Å². The van der Waals surface area contributed by atoms with Gasteiger partial charge >= 0.3 is 11.9 Å². The number of allylic oxidation sites excluding steroid dienone is 1. The quantitative estimate of drug-likeness (QED) is 0.235. The number of fused-ring (bicyclic) bond motifs is 1. The van der Waals surface area contributed by atoms with Crippen molar-refractivity contribution in [2.75, 3.05) is 20.6 Å². The highest BCUT2D eigenvalue weighted by atomic mass is 19.4. The molecule has 0 spiro atoms. The van der Waals surface area contributed by atoms with Gasteiger partial charge in [0.1, 0.15) is 12.4 Å². The molecule has 5 rings (SSSR count). The summed E-state index contributed by atoms with van der Waals surface area (Å²) < 4.78 is 46.7. The van der Waals surface area contributed by atoms with Gasteiger partial charge in [-0.05, 0) is 48.1 Å². The van der Waals surface area contributed by atoms with Crippen LogP contribution in [0.4, 0.5) is 13.2 Å². The Hall–Kier alpha value is -3.99. The number of hydrogen-bond donors (Lipinski definition) is 0. The van der Waals surface area contributed by atoms with Crippen LogP contribution in [0, 0.1) is 5.92 Å². The number of halogens is 3. The van der Waals surface area contributed by atoms with E-state index in [0.717, 1.165) is 41.0 Å². The minimum atomic E-state index is -4.68. The third-order valence-electron chi connectivity index (χ3n) is 8.06. The Morgan fingerprint density at radius 2 is 1.98 bits per heavy atom. The molecule has 1 saturated heterocycles. The molecule has 1 aliphatic heterocycles. The van der Waals surface area contributed by atoms with Crippen molar-refractivity contribution in [2.24, 2.45) is 10.9 Å². The summed E-state index contributed by atoms with van der Waals surface area (Å²) in [6, 6.07) is 8.39. The topological polar surface area (TPSA) is 65.3 Å². The van der Waals surface area contributed by atoms with Gasteiger partial charge in [0.05, 0.1) is 23.8 Å². The number of carbonyl (C=O) groups excluding carboxylic acids is 1. The molecule has 1 atom stereocenters. The van der Waals surface area contributed by atoms with Crippen LogP contribution in [0.15, 0.2) is 64.8 Å². The van der Waals surface area contributed by atoms with Crippen LogP contribution < -0.4 is 5.69 Å². The summed E-state index contributed by atoms with van der Waals surface area (Å²) in [6.07, 6.45) is 3.07. The number of nitrogens with zero attached hydrogens (tertiary/aromatic N) is 6. The first-order chi connectivity index (χ1) is 19.0. The zero-order valence-corrected chi connectivity index (χ0v) is 22.6. The summed E-state index contributed by atoms with van der Waals surface area (Å²) in [5.41, 5.74) is 0.771. The lowest BCUT2D eigenvalue weighted by Gasteiger charge is -2.34. The smallest absolute Gasteiger partial charge is 0.278 e. The van der Waals surface area contributed by atoms with Gasteiger partial charge in [0.15, 0.2) is 0 Å². The highest BCUT2D eigenvalue weighted by Crippen LogP contribution is 2.43. The number of rotatable bonds is 8. The molecule has 210 valence electrons. The lowest BCUT2D eigenvalue weighted by atomic mass is 9.71. The van der Waals surface area contributed by atoms with Gasteiger partial charge in [0.2, 0.25) is 5.91 Å². The third-order valence-corrected chi connectivity index (χ3v) is 8.06. The molecule has 0 N–H and O–H groups in total. The highest BCUT2D eigenvalue weighted by Gasteiger charge is 2.36. The Kier molecular flexibility index (Phi) is 7.26. The second-order valence-corrected chi connectivity index (χ2v) is 10.5. The average molecular weight is 554 g/mol. The van der Waals surface area contributed by atoms with E-state index in [0.29, 0.717) is 24.6 Å². The van der Waals surface area contributed by atoms with Gasteiger partial charge < -0.3 is 0 Å². The second kappa shape index (κ2) is 10.5. The lowest BCUT2D eigenvalue weighted by molar-refractivity contribution is -0.445. The summed E-state index contributed by atoms with van der Waals surface area (Å²) in [7, 11) is 3.44. The number of hydrazine groups is 1. The molecular weight excluding hydrogens is 521 g/mol. The average Bonchev–Trinajstić information content (AvgIpc) is 3.38. The Morgan fingerprint density at radius 3 is 2.58 bits per heavy atom. The van der Waals surface area contributed by atoms with Crippen LogP contribution in [0.2, 0.25) is 0 Å². The van der Waals surface area contributed by atoms with Crippen molar-refractivity contribution in [3.8, 4) is 5.69 Å². The van der Waals surface area contributed by atoms with Crippen LogP contribution in [0.5, 0.6) is 0 Å². The van der Waals surface area contributed by atoms with Crippen LogP contribution in [-0.2, 0) is 17.5 Å². The molecule has 3 heterocycles. The van der Waals surface area contributed by atoms with Crippen LogP contribution in [0.3, 0.4) is 0 Å². The van der Waals surface area contributed by atoms with E-state index in [1.54, 1.807) is 24.5 Å². The maximum atomic E-state index is 14.2. The number of carbonyl (C=O) groups is 1. The first-order valence-electron chi connectivity index (χ1n) is 13.2. The summed E-state index contributed by atoms with van der Waals surface area (Å²) in [4.78, 5) is 29.3. The van der Waals surface area contributed by atoms with Gasteiger partial charge in [-0.1, -0.05) is 30.1 Å². The van der Waals surface area contributed by atoms with E-state index in [2.05, 4.69) is 18.3 Å². The summed E-state index contributed by atoms with van der Waals surface area (Å²) in [6.45, 7) is 8.28. The SMILES string of the molecule is C=NC=[N+](C)C(=C)[C@@H](c1cccc(-n2cc3c(C(F)(F)F)cc(CN4CCC(=O)N4C)cn3c2=O)c1)C1CCC1. The van der Waals surface area contributed by atoms with Crippen molar-refractivity contribution in [2.45, 2.75) is 44.3 Å². The Balaban J connectivity index is 1.59. The largest absolute Gasteiger partial charge is 0.418 e. The standard InChI is InChI=1S/C29H32F3N6O2/c1-19(34(3)18-33-2)27(21-7-5-8-21)22-9-6-10-23(14-22)37-17-25-24(29(30,31)32)13-20(16-38(25)28(37)40)15-36-12-11-26(39)35(36)4/h6,9-10,13-14,16-18,21,27H,1-2,5,7-8,11-12,15H2,3-4H3/q+1/t27-/m1/s1. The Morgan fingerprint density at radius 1 is 1.23 bits per heavy atom. The number of alkyl halides is 3. The molecule has 0 bridgehead atoms. The minimum Gasteiger partial charge on any atom is -0.278 e. The van der Waals surface area contributed by atoms with E-state index in [1.807, 2.05) is 29.8 Å². The number of hydrogen-bond acceptors (Lipinski definition) is 3. The third kappa shape index (κ3) is 5.01. The van der Waals surface area contributed by atoms with Gasteiger partial charge in [0.25, 0.3) is 6.34 Å². The van der Waals surface area contributed by atoms with E-state index >= 15 is 0 Å². The van der Waals surface area contributed by atoms with Gasteiger partial charge in [-0.15, -0.1) is 0 Å². The number of aliphatic imine (C=N–C) groups is 1. The lowest BCUT2D eigenvalue weighted by Crippen LogP contribution is -2.35. The fraction of sp³-hybridized carbons (Fsp3) is 0.379. The number of benzene rings is 1. The van der Waals surface area contributed by atoms with Gasteiger partial charge in [-0.2, -0.15) is 13.2 Å². The number of amides is 1. The van der Waals surface area contributed by atoms with E-state index in [1.165, 1.54) is 22.0 Å². The van der Waals surface area contributed by atoms with Gasteiger partial charge in [0, 0.05) is 44.9 Å².